The Morgan fingerprint density at radius 1 is 1.24 bits per heavy atom. The van der Waals surface area contributed by atoms with E-state index in [4.69, 9.17) is 25.8 Å². The first kappa shape index (κ1) is 21.6. The Hall–Kier alpha value is -3.23. The van der Waals surface area contributed by atoms with Crippen molar-refractivity contribution in [3.8, 4) is 22.8 Å². The van der Waals surface area contributed by atoms with E-state index in [1.165, 1.54) is 0 Å². The molecule has 0 radical (unpaired) electrons. The number of halogens is 1. The lowest BCUT2D eigenvalue weighted by atomic mass is 9.92. The minimum atomic E-state index is -0.132. The Morgan fingerprint density at radius 2 is 2.15 bits per heavy atom. The summed E-state index contributed by atoms with van der Waals surface area (Å²) in [4.78, 5) is 20.9. The average Bonchev–Trinajstić information content (AvgIpc) is 3.20. The SMILES string of the molecule is COc1c(Cl)cccc1Nc1c2[nH]c3c1C(=O)NC[C@H]3CCCOCCOc1cnccc1-2. The number of methoxy groups -OCH3 is 1. The molecule has 4 heterocycles. The van der Waals surface area contributed by atoms with E-state index in [9.17, 15) is 4.79 Å². The van der Waals surface area contributed by atoms with Crippen LogP contribution in [0.1, 0.15) is 34.8 Å². The Labute approximate surface area is 196 Å². The van der Waals surface area contributed by atoms with Crippen LogP contribution in [0.5, 0.6) is 11.5 Å². The Morgan fingerprint density at radius 3 is 3.03 bits per heavy atom. The molecular formula is C24H25ClN4O4. The molecule has 0 saturated heterocycles. The highest BCUT2D eigenvalue weighted by atomic mass is 35.5. The van der Waals surface area contributed by atoms with Crippen molar-refractivity contribution in [2.75, 3.05) is 38.8 Å². The number of hydrogen-bond acceptors (Lipinski definition) is 6. The van der Waals surface area contributed by atoms with Gasteiger partial charge in [-0.15, -0.1) is 0 Å². The van der Waals surface area contributed by atoms with Crippen molar-refractivity contribution in [2.24, 2.45) is 0 Å². The summed E-state index contributed by atoms with van der Waals surface area (Å²) in [5.74, 6) is 1.12. The molecule has 1 aromatic carbocycles. The van der Waals surface area contributed by atoms with E-state index in [1.54, 1.807) is 25.6 Å². The van der Waals surface area contributed by atoms with Gasteiger partial charge in [0.1, 0.15) is 12.4 Å². The van der Waals surface area contributed by atoms with E-state index in [1.807, 2.05) is 18.2 Å². The molecular weight excluding hydrogens is 444 g/mol. The molecule has 0 fully saturated rings. The highest BCUT2D eigenvalue weighted by Crippen LogP contribution is 2.45. The number of nitrogens with one attached hydrogen (secondary N) is 3. The normalized spacial score (nSPS) is 18.0. The van der Waals surface area contributed by atoms with Crippen molar-refractivity contribution in [1.82, 2.24) is 15.3 Å². The predicted octanol–water partition coefficient (Wildman–Crippen LogP) is 4.50. The number of aromatic nitrogens is 2. The van der Waals surface area contributed by atoms with Crippen molar-refractivity contribution in [2.45, 2.75) is 18.8 Å². The number of nitrogens with zero attached hydrogens (tertiary/aromatic N) is 1. The summed E-state index contributed by atoms with van der Waals surface area (Å²) in [5, 5.41) is 6.95. The molecule has 33 heavy (non-hydrogen) atoms. The van der Waals surface area contributed by atoms with Gasteiger partial charge in [0.25, 0.3) is 5.91 Å². The number of H-pyrrole nitrogens is 1. The van der Waals surface area contributed by atoms with Gasteiger partial charge < -0.3 is 29.8 Å². The second kappa shape index (κ2) is 9.33. The van der Waals surface area contributed by atoms with E-state index in [2.05, 4.69) is 20.6 Å². The number of benzene rings is 1. The molecule has 2 bridgehead atoms. The van der Waals surface area contributed by atoms with Crippen molar-refractivity contribution in [1.29, 1.82) is 0 Å². The maximum Gasteiger partial charge on any atom is 0.255 e. The molecule has 1 atom stereocenters. The van der Waals surface area contributed by atoms with Gasteiger partial charge in [-0.2, -0.15) is 0 Å². The van der Waals surface area contributed by atoms with E-state index >= 15 is 0 Å². The Balaban J connectivity index is 1.71. The molecule has 8 nitrogen and oxygen atoms in total. The zero-order valence-corrected chi connectivity index (χ0v) is 19.0. The van der Waals surface area contributed by atoms with Crippen molar-refractivity contribution in [3.05, 3.63) is 52.9 Å². The van der Waals surface area contributed by atoms with Gasteiger partial charge in [-0.25, -0.2) is 0 Å². The van der Waals surface area contributed by atoms with E-state index in [0.717, 1.165) is 29.8 Å². The molecule has 0 spiro atoms. The van der Waals surface area contributed by atoms with Gasteiger partial charge in [-0.3, -0.25) is 9.78 Å². The molecule has 0 unspecified atom stereocenters. The van der Waals surface area contributed by atoms with Gasteiger partial charge >= 0.3 is 0 Å². The Bertz CT molecular complexity index is 1180. The molecule has 3 aromatic rings. The molecule has 2 aliphatic rings. The summed E-state index contributed by atoms with van der Waals surface area (Å²) in [6.07, 6.45) is 5.15. The number of ether oxygens (including phenoxy) is 3. The van der Waals surface area contributed by atoms with Crippen LogP contribution in [0, 0.1) is 0 Å². The number of carbonyl (C=O) groups is 1. The van der Waals surface area contributed by atoms with Gasteiger partial charge in [-0.05, 0) is 31.0 Å². The number of hydrogen-bond donors (Lipinski definition) is 3. The fourth-order valence-electron chi connectivity index (χ4n) is 4.44. The van der Waals surface area contributed by atoms with Gasteiger partial charge in [0.2, 0.25) is 0 Å². The summed E-state index contributed by atoms with van der Waals surface area (Å²) >= 11 is 6.36. The number of rotatable bonds is 3. The summed E-state index contributed by atoms with van der Waals surface area (Å²) in [5.41, 5.74) is 4.35. The van der Waals surface area contributed by atoms with Crippen molar-refractivity contribution < 1.29 is 19.0 Å². The van der Waals surface area contributed by atoms with Crippen LogP contribution in [0.3, 0.4) is 0 Å². The monoisotopic (exact) mass is 468 g/mol. The zero-order valence-electron chi connectivity index (χ0n) is 18.2. The largest absolute Gasteiger partial charge is 0.493 e. The van der Waals surface area contributed by atoms with E-state index in [0.29, 0.717) is 59.8 Å². The maximum absolute atomic E-state index is 13.1. The highest BCUT2D eigenvalue weighted by molar-refractivity contribution is 6.32. The van der Waals surface area contributed by atoms with E-state index < -0.39 is 0 Å². The van der Waals surface area contributed by atoms with Gasteiger partial charge in [0, 0.05) is 36.5 Å². The second-order valence-electron chi connectivity index (χ2n) is 7.99. The number of para-hydroxylation sites is 1. The van der Waals surface area contributed by atoms with Crippen LogP contribution >= 0.6 is 11.6 Å². The number of aromatic amines is 1. The fourth-order valence-corrected chi connectivity index (χ4v) is 4.69. The van der Waals surface area contributed by atoms with Crippen LogP contribution < -0.4 is 20.1 Å². The van der Waals surface area contributed by atoms with Crippen LogP contribution in [0.15, 0.2) is 36.7 Å². The standard InChI is InChI=1S/C24H25ClN4O4/c1-31-23-16(25)5-2-6-17(23)28-22-19-20-14(12-27-24(19)30)4-3-9-32-10-11-33-18-13-26-8-7-15(18)21(22)29-20/h2,5-8,13-14,28-29H,3-4,9-12H2,1H3,(H,27,30)/t14-/m1/s1. The molecule has 9 heteroatoms. The third-order valence-corrected chi connectivity index (χ3v) is 6.28. The van der Waals surface area contributed by atoms with Crippen molar-refractivity contribution in [3.63, 3.8) is 0 Å². The maximum atomic E-state index is 13.1. The van der Waals surface area contributed by atoms with Crippen LogP contribution in [0.25, 0.3) is 11.3 Å². The lowest BCUT2D eigenvalue weighted by molar-refractivity contribution is 0.0919. The minimum Gasteiger partial charge on any atom is -0.493 e. The lowest BCUT2D eigenvalue weighted by Gasteiger charge is -2.24. The molecule has 2 aromatic heterocycles. The summed E-state index contributed by atoms with van der Waals surface area (Å²) in [6, 6.07) is 7.34. The quantitative estimate of drug-likeness (QED) is 0.523. The second-order valence-corrected chi connectivity index (χ2v) is 8.40. The molecule has 5 rings (SSSR count). The van der Waals surface area contributed by atoms with Crippen LogP contribution in [0.2, 0.25) is 5.02 Å². The van der Waals surface area contributed by atoms with Crippen LogP contribution in [0.4, 0.5) is 11.4 Å². The smallest absolute Gasteiger partial charge is 0.255 e. The third kappa shape index (κ3) is 4.12. The number of amides is 1. The summed E-state index contributed by atoms with van der Waals surface area (Å²) in [6.45, 7) is 2.13. The molecule has 172 valence electrons. The number of carbonyl (C=O) groups excluding carboxylic acids is 1. The fraction of sp³-hybridized carbons (Fsp3) is 0.333. The summed E-state index contributed by atoms with van der Waals surface area (Å²) < 4.78 is 17.2. The van der Waals surface area contributed by atoms with Gasteiger partial charge in [0.05, 0.1) is 47.6 Å². The zero-order chi connectivity index (χ0) is 22.8. The van der Waals surface area contributed by atoms with Crippen molar-refractivity contribution >= 4 is 28.9 Å². The molecule has 0 saturated carbocycles. The van der Waals surface area contributed by atoms with Crippen LogP contribution in [-0.2, 0) is 4.74 Å². The topological polar surface area (TPSA) is 97.5 Å². The molecule has 1 amide bonds. The molecule has 0 aliphatic carbocycles. The molecule has 3 N–H and O–H groups in total. The van der Waals surface area contributed by atoms with E-state index in [-0.39, 0.29) is 11.8 Å². The number of fused-ring (bicyclic) bond motifs is 3. The number of anilines is 2. The lowest BCUT2D eigenvalue weighted by Crippen LogP contribution is -2.35. The predicted molar refractivity (Wildman–Crippen MR) is 126 cm³/mol. The third-order valence-electron chi connectivity index (χ3n) is 5.98. The average molecular weight is 469 g/mol. The summed E-state index contributed by atoms with van der Waals surface area (Å²) in [7, 11) is 1.57. The first-order valence-electron chi connectivity index (χ1n) is 11.0. The first-order valence-corrected chi connectivity index (χ1v) is 11.3. The minimum absolute atomic E-state index is 0.132. The highest BCUT2D eigenvalue weighted by Gasteiger charge is 2.33. The first-order chi connectivity index (χ1) is 16.2. The molecule has 2 aliphatic heterocycles. The van der Waals surface area contributed by atoms with Gasteiger partial charge in [0.15, 0.2) is 5.75 Å². The van der Waals surface area contributed by atoms with Gasteiger partial charge in [-0.1, -0.05) is 17.7 Å². The Kier molecular flexibility index (Phi) is 6.11. The number of pyridine rings is 1. The van der Waals surface area contributed by atoms with Crippen LogP contribution in [-0.4, -0.2) is 49.4 Å².